The SMILES string of the molecule is CC(C)(C)OC(=O)N1CCN(CCC(C)(C)C(O)C(=O)O)CC1. The highest BCUT2D eigenvalue weighted by molar-refractivity contribution is 5.72. The van der Waals surface area contributed by atoms with Crippen molar-refractivity contribution >= 4 is 12.1 Å². The average Bonchev–Trinajstić information content (AvgIpc) is 2.43. The van der Waals surface area contributed by atoms with Crippen molar-refractivity contribution in [2.45, 2.75) is 52.7 Å². The van der Waals surface area contributed by atoms with Crippen molar-refractivity contribution in [3.8, 4) is 0 Å². The minimum atomic E-state index is -1.37. The number of hydrogen-bond donors (Lipinski definition) is 2. The molecule has 1 atom stereocenters. The Labute approximate surface area is 138 Å². The predicted octanol–water partition coefficient (Wildman–Crippen LogP) is 1.40. The molecule has 1 aliphatic rings. The molecule has 0 aromatic heterocycles. The summed E-state index contributed by atoms with van der Waals surface area (Å²) in [6, 6.07) is 0. The first-order valence-corrected chi connectivity index (χ1v) is 8.03. The number of piperazine rings is 1. The monoisotopic (exact) mass is 330 g/mol. The maximum absolute atomic E-state index is 12.0. The van der Waals surface area contributed by atoms with Gasteiger partial charge in [0.25, 0.3) is 0 Å². The van der Waals surface area contributed by atoms with Crippen LogP contribution >= 0.6 is 0 Å². The quantitative estimate of drug-likeness (QED) is 0.792. The topological polar surface area (TPSA) is 90.3 Å². The lowest BCUT2D eigenvalue weighted by atomic mass is 9.83. The molecule has 1 rings (SSSR count). The molecule has 2 N–H and O–H groups in total. The van der Waals surface area contributed by atoms with Gasteiger partial charge in [-0.1, -0.05) is 13.8 Å². The molecule has 0 aromatic rings. The van der Waals surface area contributed by atoms with Crippen LogP contribution in [0.4, 0.5) is 4.79 Å². The van der Waals surface area contributed by atoms with E-state index in [1.807, 2.05) is 20.8 Å². The Morgan fingerprint density at radius 1 is 1.09 bits per heavy atom. The van der Waals surface area contributed by atoms with Crippen LogP contribution in [0.1, 0.15) is 41.0 Å². The minimum Gasteiger partial charge on any atom is -0.479 e. The van der Waals surface area contributed by atoms with Gasteiger partial charge in [0.15, 0.2) is 6.10 Å². The van der Waals surface area contributed by atoms with Crippen LogP contribution in [0.3, 0.4) is 0 Å². The van der Waals surface area contributed by atoms with Crippen molar-refractivity contribution < 1.29 is 24.5 Å². The van der Waals surface area contributed by atoms with Crippen molar-refractivity contribution in [2.24, 2.45) is 5.41 Å². The summed E-state index contributed by atoms with van der Waals surface area (Å²) >= 11 is 0. The van der Waals surface area contributed by atoms with Gasteiger partial charge in [0, 0.05) is 31.6 Å². The van der Waals surface area contributed by atoms with E-state index in [4.69, 9.17) is 9.84 Å². The molecule has 1 fully saturated rings. The number of aliphatic carboxylic acids is 1. The van der Waals surface area contributed by atoms with Gasteiger partial charge in [-0.3, -0.25) is 4.90 Å². The normalized spacial score (nSPS) is 18.6. The molecule has 0 spiro atoms. The zero-order valence-corrected chi connectivity index (χ0v) is 14.8. The van der Waals surface area contributed by atoms with Gasteiger partial charge in [-0.05, 0) is 33.7 Å². The summed E-state index contributed by atoms with van der Waals surface area (Å²) in [6.45, 7) is 12.4. The van der Waals surface area contributed by atoms with Crippen LogP contribution in [0.15, 0.2) is 0 Å². The minimum absolute atomic E-state index is 0.293. The summed E-state index contributed by atoms with van der Waals surface area (Å²) in [4.78, 5) is 26.8. The summed E-state index contributed by atoms with van der Waals surface area (Å²) in [6.07, 6.45) is -1.09. The number of carbonyl (C=O) groups excluding carboxylic acids is 1. The van der Waals surface area contributed by atoms with Gasteiger partial charge in [0.05, 0.1) is 0 Å². The first-order chi connectivity index (χ1) is 10.4. The molecule has 7 heteroatoms. The molecule has 1 aliphatic heterocycles. The molecule has 0 saturated carbocycles. The van der Waals surface area contributed by atoms with Crippen LogP contribution in [-0.2, 0) is 9.53 Å². The molecule has 134 valence electrons. The lowest BCUT2D eigenvalue weighted by Crippen LogP contribution is -2.51. The van der Waals surface area contributed by atoms with E-state index in [-0.39, 0.29) is 6.09 Å². The first-order valence-electron chi connectivity index (χ1n) is 8.03. The number of aliphatic hydroxyl groups is 1. The maximum atomic E-state index is 12.0. The summed E-state index contributed by atoms with van der Waals surface area (Å²) in [5, 5.41) is 18.6. The van der Waals surface area contributed by atoms with Crippen molar-refractivity contribution in [1.82, 2.24) is 9.80 Å². The molecule has 0 aromatic carbocycles. The smallest absolute Gasteiger partial charge is 0.410 e. The Balaban J connectivity index is 2.40. The number of ether oxygens (including phenoxy) is 1. The number of hydrogen-bond acceptors (Lipinski definition) is 5. The van der Waals surface area contributed by atoms with Crippen molar-refractivity contribution in [3.63, 3.8) is 0 Å². The standard InChI is InChI=1S/C16H30N2O5/c1-15(2,3)23-14(22)18-10-8-17(9-11-18)7-6-16(4,5)12(19)13(20)21/h12,19H,6-11H2,1-5H3,(H,20,21). The number of aliphatic hydroxyl groups excluding tert-OH is 1. The highest BCUT2D eigenvalue weighted by Gasteiger charge is 2.34. The predicted molar refractivity (Wildman–Crippen MR) is 86.3 cm³/mol. The fourth-order valence-electron chi connectivity index (χ4n) is 2.40. The molecule has 0 bridgehead atoms. The summed E-state index contributed by atoms with van der Waals surface area (Å²) in [7, 11) is 0. The largest absolute Gasteiger partial charge is 0.479 e. The van der Waals surface area contributed by atoms with Gasteiger partial charge in [-0.25, -0.2) is 9.59 Å². The third-order valence-corrected chi connectivity index (χ3v) is 4.07. The Bertz CT molecular complexity index is 423. The summed E-state index contributed by atoms with van der Waals surface area (Å²) < 4.78 is 5.35. The van der Waals surface area contributed by atoms with Crippen LogP contribution in [0.5, 0.6) is 0 Å². The second-order valence-corrected chi connectivity index (χ2v) is 7.79. The highest BCUT2D eigenvalue weighted by atomic mass is 16.6. The Morgan fingerprint density at radius 2 is 1.61 bits per heavy atom. The Morgan fingerprint density at radius 3 is 2.04 bits per heavy atom. The van der Waals surface area contributed by atoms with E-state index in [9.17, 15) is 14.7 Å². The van der Waals surface area contributed by atoms with E-state index < -0.39 is 23.1 Å². The van der Waals surface area contributed by atoms with E-state index in [0.29, 0.717) is 26.1 Å². The zero-order chi connectivity index (χ0) is 17.8. The third kappa shape index (κ3) is 6.35. The third-order valence-electron chi connectivity index (χ3n) is 4.07. The van der Waals surface area contributed by atoms with Crippen molar-refractivity contribution in [3.05, 3.63) is 0 Å². The second-order valence-electron chi connectivity index (χ2n) is 7.79. The van der Waals surface area contributed by atoms with E-state index in [1.54, 1.807) is 18.7 Å². The van der Waals surface area contributed by atoms with Crippen LogP contribution in [0.2, 0.25) is 0 Å². The van der Waals surface area contributed by atoms with Gasteiger partial charge in [0.1, 0.15) is 5.60 Å². The molecule has 1 unspecified atom stereocenters. The van der Waals surface area contributed by atoms with Crippen molar-refractivity contribution in [1.29, 1.82) is 0 Å². The fourth-order valence-corrected chi connectivity index (χ4v) is 2.40. The number of nitrogens with zero attached hydrogens (tertiary/aromatic N) is 2. The first kappa shape index (κ1) is 19.7. The summed E-state index contributed by atoms with van der Waals surface area (Å²) in [5.41, 5.74) is -1.18. The maximum Gasteiger partial charge on any atom is 0.410 e. The number of carbonyl (C=O) groups is 2. The molecule has 1 saturated heterocycles. The molecule has 23 heavy (non-hydrogen) atoms. The van der Waals surface area contributed by atoms with Gasteiger partial charge >= 0.3 is 12.1 Å². The molecular weight excluding hydrogens is 300 g/mol. The lowest BCUT2D eigenvalue weighted by molar-refractivity contribution is -0.153. The Hall–Kier alpha value is -1.34. The number of amides is 1. The van der Waals surface area contributed by atoms with Gasteiger partial charge in [0.2, 0.25) is 0 Å². The molecule has 1 heterocycles. The van der Waals surface area contributed by atoms with Crippen molar-refractivity contribution in [2.75, 3.05) is 32.7 Å². The number of rotatable bonds is 5. The molecule has 0 radical (unpaired) electrons. The van der Waals surface area contributed by atoms with Crippen LogP contribution in [0.25, 0.3) is 0 Å². The van der Waals surface area contributed by atoms with Gasteiger partial charge in [-0.2, -0.15) is 0 Å². The summed E-state index contributed by atoms with van der Waals surface area (Å²) in [5.74, 6) is -1.19. The Kier molecular flexibility index (Phi) is 6.41. The molecule has 0 aliphatic carbocycles. The van der Waals surface area contributed by atoms with E-state index in [1.165, 1.54) is 0 Å². The second kappa shape index (κ2) is 7.49. The zero-order valence-electron chi connectivity index (χ0n) is 14.8. The number of carboxylic acids is 1. The lowest BCUT2D eigenvalue weighted by Gasteiger charge is -2.37. The molecule has 7 nitrogen and oxygen atoms in total. The van der Waals surface area contributed by atoms with Gasteiger partial charge in [-0.15, -0.1) is 0 Å². The van der Waals surface area contributed by atoms with E-state index in [0.717, 1.165) is 13.1 Å². The van der Waals surface area contributed by atoms with Gasteiger partial charge < -0.3 is 19.8 Å². The van der Waals surface area contributed by atoms with E-state index >= 15 is 0 Å². The van der Waals surface area contributed by atoms with E-state index in [2.05, 4.69) is 4.90 Å². The van der Waals surface area contributed by atoms with Crippen LogP contribution < -0.4 is 0 Å². The fraction of sp³-hybridized carbons (Fsp3) is 0.875. The highest BCUT2D eigenvalue weighted by Crippen LogP contribution is 2.26. The average molecular weight is 330 g/mol. The molecule has 1 amide bonds. The number of carboxylic acid groups (broad SMARTS) is 1. The van der Waals surface area contributed by atoms with Crippen LogP contribution in [0, 0.1) is 5.41 Å². The van der Waals surface area contributed by atoms with Crippen LogP contribution in [-0.4, -0.2) is 76.5 Å². The molecular formula is C16H30N2O5.